The number of nitrogens with zero attached hydrogens (tertiary/aromatic N) is 1. The van der Waals surface area contributed by atoms with Crippen molar-refractivity contribution < 1.29 is 9.59 Å². The van der Waals surface area contributed by atoms with E-state index in [1.54, 1.807) is 4.90 Å². The second kappa shape index (κ2) is 6.76. The molecule has 0 aromatic carbocycles. The van der Waals surface area contributed by atoms with Gasteiger partial charge >= 0.3 is 0 Å². The molecule has 1 saturated heterocycles. The van der Waals surface area contributed by atoms with Gasteiger partial charge in [-0.1, -0.05) is 32.1 Å². The number of rotatable bonds is 3. The quantitative estimate of drug-likeness (QED) is 0.833. The number of hydrogen-bond donors (Lipinski definition) is 1. The summed E-state index contributed by atoms with van der Waals surface area (Å²) in [6.45, 7) is 1.01. The van der Waals surface area contributed by atoms with Crippen molar-refractivity contribution in [2.24, 2.45) is 0 Å². The van der Waals surface area contributed by atoms with E-state index in [-0.39, 0.29) is 18.4 Å². The highest BCUT2D eigenvalue weighted by Crippen LogP contribution is 2.17. The molecule has 0 radical (unpaired) electrons. The maximum Gasteiger partial charge on any atom is 0.239 e. The molecule has 0 aromatic heterocycles. The second-order valence-electron chi connectivity index (χ2n) is 5.53. The zero-order chi connectivity index (χ0) is 12.8. The number of amides is 2. The van der Waals surface area contributed by atoms with Crippen LogP contribution in [0.5, 0.6) is 0 Å². The van der Waals surface area contributed by atoms with E-state index in [1.807, 2.05) is 0 Å². The fourth-order valence-corrected chi connectivity index (χ4v) is 2.92. The third-order valence-corrected chi connectivity index (χ3v) is 3.98. The standard InChI is InChI=1S/C14H24N2O2/c17-13(11-16-10-6-9-14(16)18)15-12-7-4-2-1-3-5-8-12/h12H,1-11H2,(H,15,17). The van der Waals surface area contributed by atoms with Gasteiger partial charge in [0.25, 0.3) is 0 Å². The third kappa shape index (κ3) is 4.00. The molecule has 1 aliphatic heterocycles. The zero-order valence-corrected chi connectivity index (χ0v) is 11.1. The molecule has 18 heavy (non-hydrogen) atoms. The molecule has 1 aliphatic carbocycles. The number of carbonyl (C=O) groups is 2. The van der Waals surface area contributed by atoms with Crippen LogP contribution in [-0.4, -0.2) is 35.8 Å². The van der Waals surface area contributed by atoms with Crippen LogP contribution in [-0.2, 0) is 9.59 Å². The molecule has 0 atom stereocenters. The van der Waals surface area contributed by atoms with Gasteiger partial charge in [0.15, 0.2) is 0 Å². The summed E-state index contributed by atoms with van der Waals surface area (Å²) in [5.41, 5.74) is 0. The van der Waals surface area contributed by atoms with Crippen LogP contribution < -0.4 is 5.32 Å². The monoisotopic (exact) mass is 252 g/mol. The lowest BCUT2D eigenvalue weighted by molar-refractivity contribution is -0.133. The molecule has 0 aromatic rings. The van der Waals surface area contributed by atoms with Crippen LogP contribution in [0.3, 0.4) is 0 Å². The summed E-state index contributed by atoms with van der Waals surface area (Å²) in [4.78, 5) is 25.0. The van der Waals surface area contributed by atoms with Crippen molar-refractivity contribution in [1.82, 2.24) is 10.2 Å². The Labute approximate surface area is 109 Å². The first-order valence-corrected chi connectivity index (χ1v) is 7.33. The molecule has 2 rings (SSSR count). The molecule has 4 nitrogen and oxygen atoms in total. The lowest BCUT2D eigenvalue weighted by atomic mass is 9.97. The van der Waals surface area contributed by atoms with Gasteiger partial charge in [0.05, 0.1) is 6.54 Å². The minimum absolute atomic E-state index is 0.0239. The van der Waals surface area contributed by atoms with Gasteiger partial charge in [-0.3, -0.25) is 9.59 Å². The lowest BCUT2D eigenvalue weighted by Crippen LogP contribution is -2.42. The molecule has 2 fully saturated rings. The summed E-state index contributed by atoms with van der Waals surface area (Å²) < 4.78 is 0. The first kappa shape index (κ1) is 13.4. The highest BCUT2D eigenvalue weighted by Gasteiger charge is 2.23. The Morgan fingerprint density at radius 1 is 1.11 bits per heavy atom. The second-order valence-corrected chi connectivity index (χ2v) is 5.53. The third-order valence-electron chi connectivity index (χ3n) is 3.98. The van der Waals surface area contributed by atoms with E-state index in [4.69, 9.17) is 0 Å². The number of likely N-dealkylation sites (tertiary alicyclic amines) is 1. The molecular formula is C14H24N2O2. The summed E-state index contributed by atoms with van der Waals surface area (Å²) in [5.74, 6) is 0.152. The molecule has 1 saturated carbocycles. The predicted molar refractivity (Wildman–Crippen MR) is 70.1 cm³/mol. The van der Waals surface area contributed by atoms with Crippen LogP contribution in [0.4, 0.5) is 0 Å². The van der Waals surface area contributed by atoms with Crippen molar-refractivity contribution >= 4 is 11.8 Å². The van der Waals surface area contributed by atoms with Crippen LogP contribution in [0.25, 0.3) is 0 Å². The van der Waals surface area contributed by atoms with Gasteiger partial charge in [0.1, 0.15) is 0 Å². The van der Waals surface area contributed by atoms with Crippen molar-refractivity contribution in [2.75, 3.05) is 13.1 Å². The van der Waals surface area contributed by atoms with Gasteiger partial charge < -0.3 is 10.2 Å². The van der Waals surface area contributed by atoms with Crippen molar-refractivity contribution in [3.63, 3.8) is 0 Å². The highest BCUT2D eigenvalue weighted by molar-refractivity contribution is 5.85. The fourth-order valence-electron chi connectivity index (χ4n) is 2.92. The summed E-state index contributed by atoms with van der Waals surface area (Å²) in [6.07, 6.45) is 10.0. The van der Waals surface area contributed by atoms with Crippen molar-refractivity contribution in [3.8, 4) is 0 Å². The Bertz CT molecular complexity index is 296. The smallest absolute Gasteiger partial charge is 0.239 e. The van der Waals surface area contributed by atoms with E-state index in [9.17, 15) is 9.59 Å². The Balaban J connectivity index is 1.73. The van der Waals surface area contributed by atoms with Crippen LogP contribution in [0.2, 0.25) is 0 Å². The van der Waals surface area contributed by atoms with Gasteiger partial charge in [0, 0.05) is 19.0 Å². The van der Waals surface area contributed by atoms with Gasteiger partial charge in [0.2, 0.25) is 11.8 Å². The van der Waals surface area contributed by atoms with Gasteiger partial charge in [-0.25, -0.2) is 0 Å². The maximum absolute atomic E-state index is 11.9. The first-order chi connectivity index (χ1) is 8.75. The van der Waals surface area contributed by atoms with E-state index >= 15 is 0 Å². The van der Waals surface area contributed by atoms with Crippen LogP contribution in [0.1, 0.15) is 57.8 Å². The predicted octanol–water partition coefficient (Wildman–Crippen LogP) is 1.84. The summed E-state index contributed by atoms with van der Waals surface area (Å²) in [6, 6.07) is 0.329. The van der Waals surface area contributed by atoms with E-state index < -0.39 is 0 Å². The largest absolute Gasteiger partial charge is 0.352 e. The van der Waals surface area contributed by atoms with E-state index in [2.05, 4.69) is 5.32 Å². The normalized spacial score (nSPS) is 22.7. The first-order valence-electron chi connectivity index (χ1n) is 7.33. The number of carbonyl (C=O) groups excluding carboxylic acids is 2. The fraction of sp³-hybridized carbons (Fsp3) is 0.857. The van der Waals surface area contributed by atoms with Crippen LogP contribution >= 0.6 is 0 Å². The number of hydrogen-bond acceptors (Lipinski definition) is 2. The topological polar surface area (TPSA) is 49.4 Å². The Morgan fingerprint density at radius 3 is 2.39 bits per heavy atom. The van der Waals surface area contributed by atoms with E-state index in [1.165, 1.54) is 32.1 Å². The average molecular weight is 252 g/mol. The van der Waals surface area contributed by atoms with Crippen molar-refractivity contribution in [3.05, 3.63) is 0 Å². The molecule has 0 spiro atoms. The summed E-state index contributed by atoms with van der Waals surface area (Å²) in [5, 5.41) is 3.10. The maximum atomic E-state index is 11.9. The van der Waals surface area contributed by atoms with Gasteiger partial charge in [-0.15, -0.1) is 0 Å². The molecule has 0 unspecified atom stereocenters. The number of nitrogens with one attached hydrogen (secondary N) is 1. The molecule has 0 bridgehead atoms. The zero-order valence-electron chi connectivity index (χ0n) is 11.1. The van der Waals surface area contributed by atoms with Crippen LogP contribution in [0, 0.1) is 0 Å². The molecule has 4 heteroatoms. The SMILES string of the molecule is O=C(CN1CCCC1=O)NC1CCCCCCC1. The summed E-state index contributed by atoms with van der Waals surface area (Å²) in [7, 11) is 0. The van der Waals surface area contributed by atoms with E-state index in [0.717, 1.165) is 25.8 Å². The molecule has 1 heterocycles. The average Bonchev–Trinajstić information content (AvgIpc) is 2.68. The Morgan fingerprint density at radius 2 is 1.78 bits per heavy atom. The molecule has 2 aliphatic rings. The van der Waals surface area contributed by atoms with Crippen molar-refractivity contribution in [2.45, 2.75) is 63.8 Å². The minimum atomic E-state index is 0.0239. The van der Waals surface area contributed by atoms with Gasteiger partial charge in [-0.05, 0) is 19.3 Å². The summed E-state index contributed by atoms with van der Waals surface area (Å²) >= 11 is 0. The molecule has 102 valence electrons. The highest BCUT2D eigenvalue weighted by atomic mass is 16.2. The van der Waals surface area contributed by atoms with Crippen molar-refractivity contribution in [1.29, 1.82) is 0 Å². The minimum Gasteiger partial charge on any atom is -0.352 e. The van der Waals surface area contributed by atoms with Crippen LogP contribution in [0.15, 0.2) is 0 Å². The van der Waals surface area contributed by atoms with E-state index in [0.29, 0.717) is 12.5 Å². The lowest BCUT2D eigenvalue weighted by Gasteiger charge is -2.22. The molecule has 1 N–H and O–H groups in total. The Hall–Kier alpha value is -1.06. The van der Waals surface area contributed by atoms with Gasteiger partial charge in [-0.2, -0.15) is 0 Å². The molecular weight excluding hydrogens is 228 g/mol. The molecule has 2 amide bonds. The Kier molecular flexibility index (Phi) is 5.02.